The summed E-state index contributed by atoms with van der Waals surface area (Å²) in [7, 11) is 1.10. The summed E-state index contributed by atoms with van der Waals surface area (Å²) in [5.41, 5.74) is 0.701. The molecule has 0 fully saturated rings. The molecular formula is C13H12O5. The third-order valence-corrected chi connectivity index (χ3v) is 2.01. The lowest BCUT2D eigenvalue weighted by atomic mass is 10.2. The number of aliphatic hydroxyl groups is 1. The maximum atomic E-state index is 11.3. The Morgan fingerprint density at radius 3 is 2.39 bits per heavy atom. The van der Waals surface area contributed by atoms with Gasteiger partial charge in [-0.2, -0.15) is 0 Å². The molecule has 0 radical (unpaired) electrons. The maximum absolute atomic E-state index is 11.3. The Hall–Kier alpha value is -2.56. The molecule has 5 heteroatoms. The number of phenols is 1. The van der Waals surface area contributed by atoms with Crippen molar-refractivity contribution in [3.05, 3.63) is 47.7 Å². The van der Waals surface area contributed by atoms with Crippen LogP contribution < -0.4 is 0 Å². The van der Waals surface area contributed by atoms with Crippen LogP contribution in [0.3, 0.4) is 0 Å². The van der Waals surface area contributed by atoms with Gasteiger partial charge in [0.15, 0.2) is 5.78 Å². The first-order chi connectivity index (χ1) is 8.52. The first-order valence-corrected chi connectivity index (χ1v) is 5.03. The average Bonchev–Trinajstić information content (AvgIpc) is 2.37. The van der Waals surface area contributed by atoms with Gasteiger partial charge in [0, 0.05) is 6.08 Å². The minimum atomic E-state index is -0.971. The van der Waals surface area contributed by atoms with E-state index < -0.39 is 17.5 Å². The number of benzene rings is 1. The smallest absolute Gasteiger partial charge is 0.373 e. The first-order valence-electron chi connectivity index (χ1n) is 5.03. The lowest BCUT2D eigenvalue weighted by Crippen LogP contribution is -2.05. The van der Waals surface area contributed by atoms with Crippen molar-refractivity contribution in [1.82, 2.24) is 0 Å². The normalized spacial score (nSPS) is 11.5. The van der Waals surface area contributed by atoms with E-state index in [1.807, 2.05) is 0 Å². The van der Waals surface area contributed by atoms with Gasteiger partial charge in [-0.25, -0.2) is 4.79 Å². The Bertz CT molecular complexity index is 497. The molecule has 0 aliphatic carbocycles. The predicted octanol–water partition coefficient (Wildman–Crippen LogP) is 1.59. The van der Waals surface area contributed by atoms with Crippen molar-refractivity contribution >= 4 is 17.8 Å². The summed E-state index contributed by atoms with van der Waals surface area (Å²) in [6.45, 7) is 0. The highest BCUT2D eigenvalue weighted by Gasteiger charge is 2.07. The fraction of sp³-hybridized carbons (Fsp3) is 0.0769. The van der Waals surface area contributed by atoms with Crippen LogP contribution in [0.4, 0.5) is 0 Å². The van der Waals surface area contributed by atoms with Gasteiger partial charge in [-0.1, -0.05) is 18.2 Å². The van der Waals surface area contributed by atoms with Crippen molar-refractivity contribution in [2.24, 2.45) is 0 Å². The molecule has 0 unspecified atom stereocenters. The van der Waals surface area contributed by atoms with Crippen LogP contribution in [0.5, 0.6) is 5.75 Å². The van der Waals surface area contributed by atoms with E-state index in [1.165, 1.54) is 24.3 Å². The van der Waals surface area contributed by atoms with Gasteiger partial charge >= 0.3 is 5.97 Å². The van der Waals surface area contributed by atoms with Crippen molar-refractivity contribution in [3.63, 3.8) is 0 Å². The van der Waals surface area contributed by atoms with Gasteiger partial charge in [0.05, 0.1) is 7.11 Å². The fourth-order valence-electron chi connectivity index (χ4n) is 1.11. The number of carbonyl (C=O) groups excluding carboxylic acids is 2. The van der Waals surface area contributed by atoms with Gasteiger partial charge in [-0.05, 0) is 23.8 Å². The van der Waals surface area contributed by atoms with Crippen LogP contribution in [-0.4, -0.2) is 29.1 Å². The monoisotopic (exact) mass is 248 g/mol. The van der Waals surface area contributed by atoms with E-state index in [0.717, 1.165) is 13.2 Å². The van der Waals surface area contributed by atoms with Crippen LogP contribution in [0.1, 0.15) is 5.56 Å². The molecule has 0 amide bonds. The zero-order valence-corrected chi connectivity index (χ0v) is 9.66. The fourth-order valence-corrected chi connectivity index (χ4v) is 1.11. The number of phenolic OH excluding ortho intramolecular Hbond substituents is 1. The number of aliphatic hydroxyl groups excluding tert-OH is 1. The Kier molecular flexibility index (Phi) is 4.68. The second kappa shape index (κ2) is 6.24. The summed E-state index contributed by atoms with van der Waals surface area (Å²) in [6.07, 6.45) is 3.44. The third-order valence-electron chi connectivity index (χ3n) is 2.01. The molecule has 0 aromatic heterocycles. The number of aromatic hydroxyl groups is 1. The molecule has 5 nitrogen and oxygen atoms in total. The number of rotatable bonds is 4. The topological polar surface area (TPSA) is 83.8 Å². The van der Waals surface area contributed by atoms with E-state index in [1.54, 1.807) is 12.1 Å². The van der Waals surface area contributed by atoms with Crippen molar-refractivity contribution < 1.29 is 24.5 Å². The van der Waals surface area contributed by atoms with Crippen LogP contribution >= 0.6 is 0 Å². The van der Waals surface area contributed by atoms with Crippen LogP contribution in [0, 0.1) is 0 Å². The second-order valence-corrected chi connectivity index (χ2v) is 3.35. The van der Waals surface area contributed by atoms with E-state index in [-0.39, 0.29) is 5.75 Å². The lowest BCUT2D eigenvalue weighted by molar-refractivity contribution is -0.139. The SMILES string of the molecule is COC(=O)/C(O)=C/C(=O)/C=C/c1ccc(O)cc1. The second-order valence-electron chi connectivity index (χ2n) is 3.35. The Morgan fingerprint density at radius 2 is 1.83 bits per heavy atom. The molecule has 94 valence electrons. The standard InChI is InChI=1S/C13H12O5/c1-18-13(17)12(16)8-11(15)7-4-9-2-5-10(14)6-3-9/h2-8,14,16H,1H3/b7-4+,12-8-. The molecule has 0 aliphatic heterocycles. The van der Waals surface area contributed by atoms with Crippen molar-refractivity contribution in [2.45, 2.75) is 0 Å². The van der Waals surface area contributed by atoms with Gasteiger partial charge in [0.2, 0.25) is 5.76 Å². The van der Waals surface area contributed by atoms with Crippen molar-refractivity contribution in [1.29, 1.82) is 0 Å². The molecule has 0 aliphatic rings. The lowest BCUT2D eigenvalue weighted by Gasteiger charge is -1.95. The number of carbonyl (C=O) groups is 2. The number of hydrogen-bond donors (Lipinski definition) is 2. The maximum Gasteiger partial charge on any atom is 0.373 e. The predicted molar refractivity (Wildman–Crippen MR) is 64.9 cm³/mol. The zero-order valence-electron chi connectivity index (χ0n) is 9.66. The number of methoxy groups -OCH3 is 1. The molecule has 0 atom stereocenters. The Labute approximate surface area is 104 Å². The summed E-state index contributed by atoms with van der Waals surface area (Å²) in [6, 6.07) is 6.18. The molecular weight excluding hydrogens is 236 g/mol. The van der Waals surface area contributed by atoms with Gasteiger partial charge in [0.25, 0.3) is 0 Å². The number of esters is 1. The van der Waals surface area contributed by atoms with Gasteiger partial charge in [0.1, 0.15) is 5.75 Å². The average molecular weight is 248 g/mol. The molecule has 1 aromatic rings. The number of ketones is 1. The summed E-state index contributed by atoms with van der Waals surface area (Å²) in [4.78, 5) is 22.1. The van der Waals surface area contributed by atoms with E-state index in [4.69, 9.17) is 10.2 Å². The van der Waals surface area contributed by atoms with E-state index in [0.29, 0.717) is 5.56 Å². The first kappa shape index (κ1) is 13.5. The summed E-state index contributed by atoms with van der Waals surface area (Å²) < 4.78 is 4.23. The highest BCUT2D eigenvalue weighted by atomic mass is 16.5. The Morgan fingerprint density at radius 1 is 1.22 bits per heavy atom. The van der Waals surface area contributed by atoms with Gasteiger partial charge in [-0.3, -0.25) is 4.79 Å². The minimum absolute atomic E-state index is 0.127. The van der Waals surface area contributed by atoms with E-state index in [2.05, 4.69) is 4.74 Å². The van der Waals surface area contributed by atoms with E-state index in [9.17, 15) is 9.59 Å². The molecule has 0 saturated carbocycles. The molecule has 0 bridgehead atoms. The molecule has 1 aromatic carbocycles. The highest BCUT2D eigenvalue weighted by Crippen LogP contribution is 2.10. The number of ether oxygens (including phenoxy) is 1. The van der Waals surface area contributed by atoms with Crippen molar-refractivity contribution in [3.8, 4) is 5.75 Å². The Balaban J connectivity index is 2.70. The summed E-state index contributed by atoms with van der Waals surface area (Å²) in [5.74, 6) is -2.15. The molecule has 1 rings (SSSR count). The zero-order chi connectivity index (χ0) is 13.5. The van der Waals surface area contributed by atoms with Crippen LogP contribution in [-0.2, 0) is 14.3 Å². The molecule has 0 heterocycles. The van der Waals surface area contributed by atoms with E-state index >= 15 is 0 Å². The van der Waals surface area contributed by atoms with Gasteiger partial charge in [-0.15, -0.1) is 0 Å². The molecule has 0 saturated heterocycles. The third kappa shape index (κ3) is 4.13. The van der Waals surface area contributed by atoms with Crippen LogP contribution in [0.2, 0.25) is 0 Å². The van der Waals surface area contributed by atoms with Crippen LogP contribution in [0.15, 0.2) is 42.2 Å². The summed E-state index contributed by atoms with van der Waals surface area (Å²) in [5, 5.41) is 18.2. The molecule has 2 N–H and O–H groups in total. The number of hydrogen-bond acceptors (Lipinski definition) is 5. The number of allylic oxidation sites excluding steroid dienone is 2. The quantitative estimate of drug-likeness (QED) is 0.480. The summed E-state index contributed by atoms with van der Waals surface area (Å²) >= 11 is 0. The molecule has 0 spiro atoms. The highest BCUT2D eigenvalue weighted by molar-refractivity contribution is 6.05. The van der Waals surface area contributed by atoms with Crippen molar-refractivity contribution in [2.75, 3.05) is 7.11 Å². The minimum Gasteiger partial charge on any atom is -0.508 e. The molecule has 18 heavy (non-hydrogen) atoms. The van der Waals surface area contributed by atoms with Gasteiger partial charge < -0.3 is 14.9 Å². The largest absolute Gasteiger partial charge is 0.508 e. The van der Waals surface area contributed by atoms with Crippen LogP contribution in [0.25, 0.3) is 6.08 Å².